The Labute approximate surface area is 162 Å². The molecule has 0 aliphatic heterocycles. The van der Waals surface area contributed by atoms with E-state index in [1.54, 1.807) is 41.8 Å². The van der Waals surface area contributed by atoms with E-state index in [0.717, 1.165) is 10.1 Å². The topological polar surface area (TPSA) is 90.0 Å². The molecule has 0 atom stereocenters. The van der Waals surface area contributed by atoms with Gasteiger partial charge in [-0.25, -0.2) is 18.7 Å². The van der Waals surface area contributed by atoms with E-state index in [1.165, 1.54) is 23.5 Å². The minimum absolute atomic E-state index is 0.266. The summed E-state index contributed by atoms with van der Waals surface area (Å²) in [6.07, 6.45) is 0. The lowest BCUT2D eigenvalue weighted by Gasteiger charge is -2.04. The summed E-state index contributed by atoms with van der Waals surface area (Å²) < 4.78 is 18.9. The molecule has 0 aliphatic carbocycles. The number of carbonyl (C=O) groups excluding carboxylic acids is 1. The fourth-order valence-electron chi connectivity index (χ4n) is 2.59. The first kappa shape index (κ1) is 17.8. The van der Waals surface area contributed by atoms with Crippen molar-refractivity contribution in [3.05, 3.63) is 76.3 Å². The zero-order valence-electron chi connectivity index (χ0n) is 14.3. The lowest BCUT2D eigenvalue weighted by molar-refractivity contribution is -0.116. The van der Waals surface area contributed by atoms with Crippen molar-refractivity contribution >= 4 is 22.4 Å². The first-order chi connectivity index (χ1) is 13.6. The third kappa shape index (κ3) is 3.74. The summed E-state index contributed by atoms with van der Waals surface area (Å²) in [5.74, 6) is -1.23. The van der Waals surface area contributed by atoms with Crippen molar-refractivity contribution < 1.29 is 13.7 Å². The van der Waals surface area contributed by atoms with Gasteiger partial charge in [0.2, 0.25) is 5.91 Å². The predicted octanol–water partition coefficient (Wildman–Crippen LogP) is 3.40. The average Bonchev–Trinajstić information content (AvgIpc) is 3.30. The van der Waals surface area contributed by atoms with Gasteiger partial charge in [0.1, 0.15) is 12.4 Å². The maximum Gasteiger partial charge on any atom is 0.442 e. The van der Waals surface area contributed by atoms with Crippen LogP contribution in [0.1, 0.15) is 0 Å². The zero-order chi connectivity index (χ0) is 19.5. The Balaban J connectivity index is 1.50. The van der Waals surface area contributed by atoms with Gasteiger partial charge in [-0.15, -0.1) is 11.3 Å². The lowest BCUT2D eigenvalue weighted by atomic mass is 10.2. The molecule has 4 aromatic rings. The van der Waals surface area contributed by atoms with Crippen LogP contribution in [0.25, 0.3) is 22.6 Å². The number of nitrogens with zero attached hydrogens (tertiary/aromatic N) is 3. The van der Waals surface area contributed by atoms with Gasteiger partial charge in [-0.1, -0.05) is 35.5 Å². The number of benzene rings is 2. The number of carbonyl (C=O) groups is 1. The number of thiazole rings is 1. The van der Waals surface area contributed by atoms with E-state index in [-0.39, 0.29) is 18.2 Å². The van der Waals surface area contributed by atoms with Crippen LogP contribution in [0.5, 0.6) is 0 Å². The number of amides is 1. The highest BCUT2D eigenvalue weighted by Gasteiger charge is 2.16. The van der Waals surface area contributed by atoms with Crippen LogP contribution in [0.3, 0.4) is 0 Å². The summed E-state index contributed by atoms with van der Waals surface area (Å²) in [7, 11) is 0. The molecule has 0 saturated carbocycles. The van der Waals surface area contributed by atoms with Crippen LogP contribution in [-0.2, 0) is 11.3 Å². The van der Waals surface area contributed by atoms with Gasteiger partial charge >= 0.3 is 5.76 Å². The Morgan fingerprint density at radius 1 is 1.11 bits per heavy atom. The molecule has 0 aliphatic rings. The monoisotopic (exact) mass is 396 g/mol. The average molecular weight is 396 g/mol. The minimum atomic E-state index is -0.722. The summed E-state index contributed by atoms with van der Waals surface area (Å²) in [6, 6.07) is 14.9. The molecule has 0 spiro atoms. The molecule has 2 aromatic heterocycles. The van der Waals surface area contributed by atoms with E-state index in [4.69, 9.17) is 4.52 Å². The summed E-state index contributed by atoms with van der Waals surface area (Å²) in [6.45, 7) is -0.266. The second-order valence-electron chi connectivity index (χ2n) is 5.82. The largest absolute Gasteiger partial charge is 0.442 e. The smallest absolute Gasteiger partial charge is 0.300 e. The summed E-state index contributed by atoms with van der Waals surface area (Å²) in [4.78, 5) is 28.6. The lowest BCUT2D eigenvalue weighted by Crippen LogP contribution is -2.25. The van der Waals surface area contributed by atoms with Crippen molar-refractivity contribution in [1.29, 1.82) is 0 Å². The van der Waals surface area contributed by atoms with E-state index in [1.807, 2.05) is 6.07 Å². The highest BCUT2D eigenvalue weighted by molar-refractivity contribution is 7.14. The molecule has 0 unspecified atom stereocenters. The molecule has 28 heavy (non-hydrogen) atoms. The van der Waals surface area contributed by atoms with Crippen molar-refractivity contribution in [2.24, 2.45) is 0 Å². The van der Waals surface area contributed by atoms with Crippen LogP contribution in [0.2, 0.25) is 0 Å². The molecule has 1 amide bonds. The van der Waals surface area contributed by atoms with Crippen LogP contribution < -0.4 is 11.1 Å². The Morgan fingerprint density at radius 2 is 1.86 bits per heavy atom. The number of hydrogen-bond donors (Lipinski definition) is 1. The van der Waals surface area contributed by atoms with Crippen molar-refractivity contribution in [1.82, 2.24) is 14.7 Å². The molecule has 9 heteroatoms. The molecule has 0 saturated heterocycles. The highest BCUT2D eigenvalue weighted by Crippen LogP contribution is 2.25. The van der Waals surface area contributed by atoms with Crippen LogP contribution in [0, 0.1) is 5.82 Å². The molecule has 0 fully saturated rings. The van der Waals surface area contributed by atoms with Gasteiger partial charge in [0.15, 0.2) is 11.0 Å². The van der Waals surface area contributed by atoms with Crippen LogP contribution in [-0.4, -0.2) is 20.6 Å². The molecular weight excluding hydrogens is 383 g/mol. The van der Waals surface area contributed by atoms with E-state index in [2.05, 4.69) is 15.5 Å². The van der Waals surface area contributed by atoms with Crippen molar-refractivity contribution in [3.63, 3.8) is 0 Å². The fourth-order valence-corrected chi connectivity index (χ4v) is 3.33. The summed E-state index contributed by atoms with van der Waals surface area (Å²) in [5.41, 5.74) is 2.01. The Bertz CT molecular complexity index is 1170. The van der Waals surface area contributed by atoms with Gasteiger partial charge in [-0.3, -0.25) is 9.32 Å². The summed E-state index contributed by atoms with van der Waals surface area (Å²) >= 11 is 1.23. The van der Waals surface area contributed by atoms with Crippen LogP contribution in [0.4, 0.5) is 9.52 Å². The Morgan fingerprint density at radius 3 is 2.61 bits per heavy atom. The molecule has 7 nitrogen and oxygen atoms in total. The molecular formula is C19H13FN4O3S. The van der Waals surface area contributed by atoms with Gasteiger partial charge < -0.3 is 5.32 Å². The maximum absolute atomic E-state index is 13.0. The fraction of sp³-hybridized carbons (Fsp3) is 0.0526. The molecule has 140 valence electrons. The number of anilines is 1. The quantitative estimate of drug-likeness (QED) is 0.558. The number of aromatic nitrogens is 3. The predicted molar refractivity (Wildman–Crippen MR) is 102 cm³/mol. The minimum Gasteiger partial charge on any atom is -0.300 e. The number of nitrogens with one attached hydrogen (secondary N) is 1. The SMILES string of the molecule is O=C(Cn1c(-c2ccccc2)noc1=O)Nc1nc(-c2ccc(F)cc2)cs1. The van der Waals surface area contributed by atoms with E-state index < -0.39 is 11.7 Å². The molecule has 4 rings (SSSR count). The van der Waals surface area contributed by atoms with Crippen LogP contribution >= 0.6 is 11.3 Å². The van der Waals surface area contributed by atoms with Gasteiger partial charge in [0.05, 0.1) is 5.69 Å². The number of hydrogen-bond acceptors (Lipinski definition) is 6. The van der Waals surface area contributed by atoms with E-state index >= 15 is 0 Å². The Hall–Kier alpha value is -3.59. The van der Waals surface area contributed by atoms with Gasteiger partial charge in [-0.05, 0) is 24.3 Å². The van der Waals surface area contributed by atoms with Crippen molar-refractivity contribution in [2.75, 3.05) is 5.32 Å². The molecule has 1 N–H and O–H groups in total. The maximum atomic E-state index is 13.0. The molecule has 2 heterocycles. The molecule has 0 radical (unpaired) electrons. The number of halogens is 1. The zero-order valence-corrected chi connectivity index (χ0v) is 15.1. The van der Waals surface area contributed by atoms with E-state index in [9.17, 15) is 14.0 Å². The molecule has 0 bridgehead atoms. The van der Waals surface area contributed by atoms with Crippen molar-refractivity contribution in [2.45, 2.75) is 6.54 Å². The van der Waals surface area contributed by atoms with E-state index in [0.29, 0.717) is 16.4 Å². The van der Waals surface area contributed by atoms with Crippen molar-refractivity contribution in [3.8, 4) is 22.6 Å². The standard InChI is InChI=1S/C19H13FN4O3S/c20-14-8-6-12(7-9-14)15-11-28-18(21-15)22-16(25)10-24-17(23-27-19(24)26)13-4-2-1-3-5-13/h1-9,11H,10H2,(H,21,22,25). The first-order valence-corrected chi connectivity index (χ1v) is 9.11. The number of rotatable bonds is 5. The van der Waals surface area contributed by atoms with Crippen LogP contribution in [0.15, 0.2) is 69.3 Å². The highest BCUT2D eigenvalue weighted by atomic mass is 32.1. The normalized spacial score (nSPS) is 10.8. The third-order valence-electron chi connectivity index (χ3n) is 3.91. The second kappa shape index (κ2) is 7.57. The molecule has 2 aromatic carbocycles. The first-order valence-electron chi connectivity index (χ1n) is 8.23. The third-order valence-corrected chi connectivity index (χ3v) is 4.67. The van der Waals surface area contributed by atoms with Gasteiger partial charge in [-0.2, -0.15) is 0 Å². The van der Waals surface area contributed by atoms with Gasteiger partial charge in [0, 0.05) is 16.5 Å². The Kier molecular flexibility index (Phi) is 4.81. The second-order valence-corrected chi connectivity index (χ2v) is 6.68. The van der Waals surface area contributed by atoms with Gasteiger partial charge in [0.25, 0.3) is 0 Å². The summed E-state index contributed by atoms with van der Waals surface area (Å²) in [5, 5.41) is 8.53.